The van der Waals surface area contributed by atoms with Gasteiger partial charge in [0, 0.05) is 13.1 Å². The van der Waals surface area contributed by atoms with Gasteiger partial charge in [-0.2, -0.15) is 0 Å². The topological polar surface area (TPSA) is 32.3 Å². The van der Waals surface area contributed by atoms with Gasteiger partial charge in [-0.1, -0.05) is 13.8 Å². The van der Waals surface area contributed by atoms with Gasteiger partial charge in [-0.15, -0.1) is 0 Å². The second-order valence-electron chi connectivity index (χ2n) is 3.76. The van der Waals surface area contributed by atoms with Crippen molar-refractivity contribution in [2.24, 2.45) is 5.92 Å². The van der Waals surface area contributed by atoms with Crippen molar-refractivity contribution in [1.29, 1.82) is 0 Å². The van der Waals surface area contributed by atoms with Gasteiger partial charge in [0.05, 0.1) is 5.60 Å². The highest BCUT2D eigenvalue weighted by atomic mass is 16.3. The minimum Gasteiger partial charge on any atom is -0.387 e. The van der Waals surface area contributed by atoms with E-state index in [2.05, 4.69) is 19.2 Å². The molecular formula is C8H17NO. The summed E-state index contributed by atoms with van der Waals surface area (Å²) in [4.78, 5) is 0. The molecule has 0 amide bonds. The maximum absolute atomic E-state index is 9.60. The molecule has 1 fully saturated rings. The van der Waals surface area contributed by atoms with Gasteiger partial charge in [-0.25, -0.2) is 0 Å². The number of hydrogen-bond donors (Lipinski definition) is 2. The molecule has 0 aromatic heterocycles. The van der Waals surface area contributed by atoms with E-state index in [4.69, 9.17) is 0 Å². The van der Waals surface area contributed by atoms with Crippen LogP contribution in [0.4, 0.5) is 0 Å². The Morgan fingerprint density at radius 2 is 2.10 bits per heavy atom. The normalized spacial score (nSPS) is 22.8. The van der Waals surface area contributed by atoms with Crippen LogP contribution in [0.2, 0.25) is 0 Å². The average molecular weight is 143 g/mol. The van der Waals surface area contributed by atoms with Crippen LogP contribution in [0.3, 0.4) is 0 Å². The molecule has 1 saturated heterocycles. The Bertz CT molecular complexity index is 108. The van der Waals surface area contributed by atoms with Crippen molar-refractivity contribution in [3.05, 3.63) is 0 Å². The van der Waals surface area contributed by atoms with Crippen LogP contribution >= 0.6 is 0 Å². The van der Waals surface area contributed by atoms with Gasteiger partial charge in [-0.3, -0.25) is 0 Å². The predicted molar refractivity (Wildman–Crippen MR) is 41.9 cm³/mol. The van der Waals surface area contributed by atoms with Gasteiger partial charge in [-0.05, 0) is 18.8 Å². The summed E-state index contributed by atoms with van der Waals surface area (Å²) in [7, 11) is 0. The molecule has 0 aromatic carbocycles. The van der Waals surface area contributed by atoms with Crippen molar-refractivity contribution < 1.29 is 5.11 Å². The Balaban J connectivity index is 2.12. The van der Waals surface area contributed by atoms with Crippen molar-refractivity contribution >= 4 is 0 Å². The third kappa shape index (κ3) is 1.96. The maximum Gasteiger partial charge on any atom is 0.0895 e. The Morgan fingerprint density at radius 3 is 2.40 bits per heavy atom. The molecule has 1 rings (SSSR count). The van der Waals surface area contributed by atoms with E-state index in [1.54, 1.807) is 0 Å². The van der Waals surface area contributed by atoms with Crippen LogP contribution in [-0.4, -0.2) is 23.8 Å². The van der Waals surface area contributed by atoms with Crippen LogP contribution in [0.25, 0.3) is 0 Å². The number of hydrogen-bond acceptors (Lipinski definition) is 2. The molecule has 2 nitrogen and oxygen atoms in total. The fraction of sp³-hybridized carbons (Fsp3) is 1.00. The lowest BCUT2D eigenvalue weighted by Gasteiger charge is -2.38. The first-order valence-corrected chi connectivity index (χ1v) is 4.05. The molecule has 0 atom stereocenters. The van der Waals surface area contributed by atoms with Gasteiger partial charge in [0.1, 0.15) is 0 Å². The van der Waals surface area contributed by atoms with Crippen LogP contribution in [0.15, 0.2) is 0 Å². The molecule has 2 N–H and O–H groups in total. The molecule has 2 heteroatoms. The Hall–Kier alpha value is -0.0800. The SMILES string of the molecule is CC(C)CCC1(O)CNC1. The first kappa shape index (κ1) is 8.02. The predicted octanol–water partition coefficient (Wildman–Crippen LogP) is 0.757. The van der Waals surface area contributed by atoms with E-state index in [1.807, 2.05) is 0 Å². The Morgan fingerprint density at radius 1 is 1.50 bits per heavy atom. The van der Waals surface area contributed by atoms with Crippen LogP contribution in [-0.2, 0) is 0 Å². The third-order valence-electron chi connectivity index (χ3n) is 2.10. The van der Waals surface area contributed by atoms with E-state index in [0.29, 0.717) is 5.92 Å². The van der Waals surface area contributed by atoms with Crippen molar-refractivity contribution in [2.45, 2.75) is 32.3 Å². The van der Waals surface area contributed by atoms with Gasteiger partial charge < -0.3 is 10.4 Å². The van der Waals surface area contributed by atoms with E-state index in [-0.39, 0.29) is 5.60 Å². The molecule has 0 bridgehead atoms. The minimum absolute atomic E-state index is 0.357. The van der Waals surface area contributed by atoms with Crippen molar-refractivity contribution in [3.8, 4) is 0 Å². The first-order chi connectivity index (χ1) is 4.62. The average Bonchev–Trinajstić information content (AvgIpc) is 1.79. The Kier molecular flexibility index (Phi) is 2.32. The molecule has 1 aliphatic heterocycles. The summed E-state index contributed by atoms with van der Waals surface area (Å²) < 4.78 is 0. The fourth-order valence-corrected chi connectivity index (χ4v) is 1.15. The van der Waals surface area contributed by atoms with Crippen molar-refractivity contribution in [3.63, 3.8) is 0 Å². The number of nitrogens with one attached hydrogen (secondary N) is 1. The summed E-state index contributed by atoms with van der Waals surface area (Å²) in [6.45, 7) is 5.96. The van der Waals surface area contributed by atoms with Gasteiger partial charge in [0.15, 0.2) is 0 Å². The van der Waals surface area contributed by atoms with Crippen LogP contribution in [0, 0.1) is 5.92 Å². The molecule has 0 aromatic rings. The van der Waals surface area contributed by atoms with Crippen molar-refractivity contribution in [1.82, 2.24) is 5.32 Å². The molecular weight excluding hydrogens is 126 g/mol. The van der Waals surface area contributed by atoms with Crippen molar-refractivity contribution in [2.75, 3.05) is 13.1 Å². The van der Waals surface area contributed by atoms with Crippen LogP contribution in [0.5, 0.6) is 0 Å². The zero-order valence-electron chi connectivity index (χ0n) is 6.85. The molecule has 10 heavy (non-hydrogen) atoms. The zero-order valence-corrected chi connectivity index (χ0v) is 6.85. The van der Waals surface area contributed by atoms with Crippen LogP contribution in [0.1, 0.15) is 26.7 Å². The second kappa shape index (κ2) is 2.89. The fourth-order valence-electron chi connectivity index (χ4n) is 1.15. The largest absolute Gasteiger partial charge is 0.387 e. The minimum atomic E-state index is -0.357. The van der Waals surface area contributed by atoms with Gasteiger partial charge >= 0.3 is 0 Å². The summed E-state index contributed by atoms with van der Waals surface area (Å²) in [6.07, 6.45) is 2.09. The quantitative estimate of drug-likeness (QED) is 0.611. The van der Waals surface area contributed by atoms with E-state index >= 15 is 0 Å². The molecule has 1 aliphatic rings. The monoisotopic (exact) mass is 143 g/mol. The van der Waals surface area contributed by atoms with E-state index in [0.717, 1.165) is 25.9 Å². The lowest BCUT2D eigenvalue weighted by Crippen LogP contribution is -2.59. The summed E-state index contributed by atoms with van der Waals surface area (Å²) in [5.41, 5.74) is -0.357. The summed E-state index contributed by atoms with van der Waals surface area (Å²) in [5.74, 6) is 0.713. The molecule has 0 saturated carbocycles. The van der Waals surface area contributed by atoms with E-state index < -0.39 is 0 Å². The highest BCUT2D eigenvalue weighted by Gasteiger charge is 2.33. The maximum atomic E-state index is 9.60. The summed E-state index contributed by atoms with van der Waals surface area (Å²) >= 11 is 0. The van der Waals surface area contributed by atoms with E-state index in [1.165, 1.54) is 0 Å². The number of β-amino-alcohol motifs (C(OH)–C–C–N with tert-alkyl or cyclic N) is 1. The lowest BCUT2D eigenvalue weighted by atomic mass is 9.89. The van der Waals surface area contributed by atoms with Crippen LogP contribution < -0.4 is 5.32 Å². The number of aliphatic hydroxyl groups is 1. The summed E-state index contributed by atoms with van der Waals surface area (Å²) in [5, 5.41) is 12.7. The molecule has 0 spiro atoms. The smallest absolute Gasteiger partial charge is 0.0895 e. The van der Waals surface area contributed by atoms with Gasteiger partial charge in [0.25, 0.3) is 0 Å². The highest BCUT2D eigenvalue weighted by Crippen LogP contribution is 2.19. The zero-order chi connectivity index (χ0) is 7.61. The Labute approximate surface area is 62.6 Å². The number of rotatable bonds is 3. The second-order valence-corrected chi connectivity index (χ2v) is 3.76. The molecule has 60 valence electrons. The third-order valence-corrected chi connectivity index (χ3v) is 2.10. The lowest BCUT2D eigenvalue weighted by molar-refractivity contribution is -0.0211. The standard InChI is InChI=1S/C8H17NO/c1-7(2)3-4-8(10)5-9-6-8/h7,9-10H,3-6H2,1-2H3. The first-order valence-electron chi connectivity index (χ1n) is 4.05. The molecule has 1 heterocycles. The highest BCUT2D eigenvalue weighted by molar-refractivity contribution is 4.92. The molecule has 0 unspecified atom stereocenters. The van der Waals surface area contributed by atoms with E-state index in [9.17, 15) is 5.11 Å². The molecule has 0 radical (unpaired) electrons. The van der Waals surface area contributed by atoms with Gasteiger partial charge in [0.2, 0.25) is 0 Å². The molecule has 0 aliphatic carbocycles. The summed E-state index contributed by atoms with van der Waals surface area (Å²) in [6, 6.07) is 0.